The van der Waals surface area contributed by atoms with Crippen molar-refractivity contribution in [2.75, 3.05) is 6.54 Å². The predicted octanol–water partition coefficient (Wildman–Crippen LogP) is 3.18. The van der Waals surface area contributed by atoms with Gasteiger partial charge in [0, 0.05) is 36.2 Å². The first-order chi connectivity index (χ1) is 9.22. The first-order valence-corrected chi connectivity index (χ1v) is 7.21. The number of fused-ring (bicyclic) bond motifs is 1. The maximum Gasteiger partial charge on any atom is 0.120 e. The Labute approximate surface area is 114 Å². The van der Waals surface area contributed by atoms with E-state index >= 15 is 0 Å². The Kier molecular flexibility index (Phi) is 3.47. The van der Waals surface area contributed by atoms with Gasteiger partial charge >= 0.3 is 0 Å². The fourth-order valence-corrected chi connectivity index (χ4v) is 2.40. The van der Waals surface area contributed by atoms with Gasteiger partial charge in [-0.3, -0.25) is 0 Å². The topological polar surface area (TPSA) is 26.2 Å². The Morgan fingerprint density at radius 3 is 2.89 bits per heavy atom. The normalized spacial score (nSPS) is 15.3. The quantitative estimate of drug-likeness (QED) is 0.861. The van der Waals surface area contributed by atoms with Crippen LogP contribution in [0.4, 0.5) is 0 Å². The van der Waals surface area contributed by atoms with E-state index in [0.29, 0.717) is 0 Å². The number of benzene rings is 1. The monoisotopic (exact) mass is 258 g/mol. The lowest BCUT2D eigenvalue weighted by Gasteiger charge is -2.10. The second kappa shape index (κ2) is 5.25. The average Bonchev–Trinajstić information content (AvgIpc) is 3.10. The second-order valence-electron chi connectivity index (χ2n) is 5.62. The van der Waals surface area contributed by atoms with Gasteiger partial charge in [-0.15, -0.1) is 0 Å². The minimum Gasteiger partial charge on any atom is -0.491 e. The average molecular weight is 258 g/mol. The van der Waals surface area contributed by atoms with Crippen LogP contribution in [0.5, 0.6) is 5.75 Å². The summed E-state index contributed by atoms with van der Waals surface area (Å²) in [6, 6.07) is 9.30. The van der Waals surface area contributed by atoms with Gasteiger partial charge in [0.15, 0.2) is 0 Å². The highest BCUT2D eigenvalue weighted by molar-refractivity contribution is 5.81. The van der Waals surface area contributed by atoms with E-state index in [0.717, 1.165) is 24.9 Å². The van der Waals surface area contributed by atoms with Crippen molar-refractivity contribution in [3.05, 3.63) is 30.5 Å². The highest BCUT2D eigenvalue weighted by atomic mass is 16.5. The van der Waals surface area contributed by atoms with Crippen LogP contribution in [0.25, 0.3) is 10.9 Å². The fourth-order valence-electron chi connectivity index (χ4n) is 2.40. The number of nitrogens with one attached hydrogen (secondary N) is 1. The second-order valence-corrected chi connectivity index (χ2v) is 5.62. The van der Waals surface area contributed by atoms with E-state index in [9.17, 15) is 0 Å². The number of ether oxygens (including phenoxy) is 1. The minimum atomic E-state index is 0.224. The Hall–Kier alpha value is -1.48. The van der Waals surface area contributed by atoms with Crippen LogP contribution in [-0.2, 0) is 6.54 Å². The molecule has 0 saturated heterocycles. The van der Waals surface area contributed by atoms with Crippen molar-refractivity contribution in [2.24, 2.45) is 0 Å². The molecule has 1 heterocycles. The summed E-state index contributed by atoms with van der Waals surface area (Å²) in [4.78, 5) is 0. The van der Waals surface area contributed by atoms with Crippen molar-refractivity contribution >= 4 is 10.9 Å². The minimum absolute atomic E-state index is 0.224. The van der Waals surface area contributed by atoms with Gasteiger partial charge < -0.3 is 14.6 Å². The van der Waals surface area contributed by atoms with Crippen molar-refractivity contribution in [2.45, 2.75) is 45.4 Å². The molecule has 1 aromatic carbocycles. The molecule has 102 valence electrons. The van der Waals surface area contributed by atoms with Gasteiger partial charge in [-0.25, -0.2) is 0 Å². The van der Waals surface area contributed by atoms with E-state index in [-0.39, 0.29) is 6.10 Å². The molecule has 0 radical (unpaired) electrons. The molecule has 0 unspecified atom stereocenters. The third kappa shape index (κ3) is 3.10. The lowest BCUT2D eigenvalue weighted by Crippen LogP contribution is -2.21. The van der Waals surface area contributed by atoms with Crippen LogP contribution in [-0.4, -0.2) is 23.3 Å². The molecule has 1 fully saturated rings. The Morgan fingerprint density at radius 1 is 1.32 bits per heavy atom. The molecule has 0 aliphatic heterocycles. The summed E-state index contributed by atoms with van der Waals surface area (Å²) in [6.07, 6.45) is 5.09. The third-order valence-electron chi connectivity index (χ3n) is 3.48. The van der Waals surface area contributed by atoms with Gasteiger partial charge in [-0.1, -0.05) is 0 Å². The van der Waals surface area contributed by atoms with E-state index in [1.54, 1.807) is 0 Å². The third-order valence-corrected chi connectivity index (χ3v) is 3.48. The van der Waals surface area contributed by atoms with Gasteiger partial charge in [0.1, 0.15) is 5.75 Å². The van der Waals surface area contributed by atoms with Crippen LogP contribution < -0.4 is 10.1 Å². The number of hydrogen-bond donors (Lipinski definition) is 1. The molecule has 3 nitrogen and oxygen atoms in total. The van der Waals surface area contributed by atoms with Crippen LogP contribution in [0.1, 0.15) is 26.7 Å². The van der Waals surface area contributed by atoms with Crippen molar-refractivity contribution in [1.29, 1.82) is 0 Å². The Bertz CT molecular complexity index is 555. The first kappa shape index (κ1) is 12.5. The summed E-state index contributed by atoms with van der Waals surface area (Å²) in [5.74, 6) is 0.955. The molecule has 0 amide bonds. The zero-order valence-corrected chi connectivity index (χ0v) is 11.7. The number of nitrogens with zero attached hydrogens (tertiary/aromatic N) is 1. The van der Waals surface area contributed by atoms with E-state index in [1.165, 1.54) is 23.7 Å². The Morgan fingerprint density at radius 2 is 2.16 bits per heavy atom. The van der Waals surface area contributed by atoms with Gasteiger partial charge in [0.05, 0.1) is 6.10 Å². The SMILES string of the molecule is CC(C)Oc1ccc2c(ccn2CCNC2CC2)c1. The van der Waals surface area contributed by atoms with Crippen molar-refractivity contribution in [3.8, 4) is 5.75 Å². The molecule has 1 aromatic heterocycles. The highest BCUT2D eigenvalue weighted by Crippen LogP contribution is 2.23. The van der Waals surface area contributed by atoms with Crippen LogP contribution in [0, 0.1) is 0 Å². The molecule has 1 aliphatic rings. The predicted molar refractivity (Wildman–Crippen MR) is 78.7 cm³/mol. The summed E-state index contributed by atoms with van der Waals surface area (Å²) < 4.78 is 8.04. The van der Waals surface area contributed by atoms with Crippen molar-refractivity contribution < 1.29 is 4.74 Å². The molecule has 0 spiro atoms. The summed E-state index contributed by atoms with van der Waals surface area (Å²) in [5.41, 5.74) is 1.29. The fraction of sp³-hybridized carbons (Fsp3) is 0.500. The van der Waals surface area contributed by atoms with Gasteiger partial charge in [0.2, 0.25) is 0 Å². The van der Waals surface area contributed by atoms with Crippen LogP contribution in [0.2, 0.25) is 0 Å². The first-order valence-electron chi connectivity index (χ1n) is 7.21. The molecule has 2 aromatic rings. The van der Waals surface area contributed by atoms with Crippen molar-refractivity contribution in [3.63, 3.8) is 0 Å². The number of rotatable bonds is 6. The molecule has 3 heteroatoms. The molecular weight excluding hydrogens is 236 g/mol. The highest BCUT2D eigenvalue weighted by Gasteiger charge is 2.19. The molecule has 0 bridgehead atoms. The zero-order valence-electron chi connectivity index (χ0n) is 11.7. The van der Waals surface area contributed by atoms with Crippen LogP contribution >= 0.6 is 0 Å². The van der Waals surface area contributed by atoms with E-state index in [4.69, 9.17) is 4.74 Å². The molecular formula is C16H22N2O. The molecule has 1 N–H and O–H groups in total. The zero-order chi connectivity index (χ0) is 13.2. The van der Waals surface area contributed by atoms with E-state index < -0.39 is 0 Å². The smallest absolute Gasteiger partial charge is 0.120 e. The number of hydrogen-bond acceptors (Lipinski definition) is 2. The standard InChI is InChI=1S/C16H22N2O/c1-12(2)19-15-5-6-16-13(11-15)7-9-18(16)10-8-17-14-3-4-14/h5-7,9,11-12,14,17H,3-4,8,10H2,1-2H3. The van der Waals surface area contributed by atoms with E-state index in [2.05, 4.69) is 54.2 Å². The molecule has 1 aliphatic carbocycles. The molecule has 1 saturated carbocycles. The summed E-state index contributed by atoms with van der Waals surface area (Å²) >= 11 is 0. The molecule has 0 atom stereocenters. The summed E-state index contributed by atoms with van der Waals surface area (Å²) in [5, 5.41) is 4.81. The lowest BCUT2D eigenvalue weighted by atomic mass is 10.2. The van der Waals surface area contributed by atoms with Crippen molar-refractivity contribution in [1.82, 2.24) is 9.88 Å². The summed E-state index contributed by atoms with van der Waals surface area (Å²) in [7, 11) is 0. The van der Waals surface area contributed by atoms with E-state index in [1.807, 2.05) is 0 Å². The maximum absolute atomic E-state index is 5.73. The summed E-state index contributed by atoms with van der Waals surface area (Å²) in [6.45, 7) is 6.20. The molecule has 19 heavy (non-hydrogen) atoms. The van der Waals surface area contributed by atoms with Crippen LogP contribution in [0.3, 0.4) is 0 Å². The lowest BCUT2D eigenvalue weighted by molar-refractivity contribution is 0.243. The van der Waals surface area contributed by atoms with Crippen LogP contribution in [0.15, 0.2) is 30.5 Å². The van der Waals surface area contributed by atoms with Gasteiger partial charge in [-0.2, -0.15) is 0 Å². The Balaban J connectivity index is 1.70. The molecule has 3 rings (SSSR count). The van der Waals surface area contributed by atoms with Gasteiger partial charge in [0.25, 0.3) is 0 Å². The largest absolute Gasteiger partial charge is 0.491 e. The number of aromatic nitrogens is 1. The maximum atomic E-state index is 5.73. The van der Waals surface area contributed by atoms with Gasteiger partial charge in [-0.05, 0) is 51.0 Å².